The zero-order chi connectivity index (χ0) is 17.7. The zero-order valence-electron chi connectivity index (χ0n) is 14.2. The lowest BCUT2D eigenvalue weighted by molar-refractivity contribution is -0.133. The van der Waals surface area contributed by atoms with Gasteiger partial charge < -0.3 is 4.90 Å². The Kier molecular flexibility index (Phi) is 11.5. The van der Waals surface area contributed by atoms with Crippen LogP contribution in [0.2, 0.25) is 0 Å². The van der Waals surface area contributed by atoms with E-state index in [2.05, 4.69) is 30.6 Å². The third-order valence-electron chi connectivity index (χ3n) is 3.35. The number of hydrogen-bond acceptors (Lipinski definition) is 1. The molecule has 2 atom stereocenters. The van der Waals surface area contributed by atoms with E-state index in [0.29, 0.717) is 5.92 Å². The van der Waals surface area contributed by atoms with Crippen LogP contribution in [0, 0.1) is 23.7 Å². The van der Waals surface area contributed by atoms with Crippen LogP contribution in [0.25, 0.3) is 0 Å². The minimum Gasteiger partial charge on any atom is -0.302 e. The highest BCUT2D eigenvalue weighted by Crippen LogP contribution is 2.21. The minimum absolute atomic E-state index is 0.0843. The minimum atomic E-state index is -4.15. The second-order valence-corrected chi connectivity index (χ2v) is 5.73. The summed E-state index contributed by atoms with van der Waals surface area (Å²) in [4.78, 5) is 2.16. The van der Waals surface area contributed by atoms with Crippen LogP contribution >= 0.6 is 0 Å². The Morgan fingerprint density at radius 3 is 2.39 bits per heavy atom. The number of hydrogen-bond donors (Lipinski definition) is 0. The molecule has 0 aromatic carbocycles. The summed E-state index contributed by atoms with van der Waals surface area (Å²) in [6, 6.07) is 0. The normalized spacial score (nSPS) is 15.1. The number of allylic oxidation sites excluding steroid dienone is 3. The SMILES string of the molecule is CCC(C)CN(C)C/C=C/C(C#CCF)/C=C\CCC(F)(F)F. The van der Waals surface area contributed by atoms with E-state index in [1.165, 1.54) is 6.08 Å². The van der Waals surface area contributed by atoms with Crippen LogP contribution in [0.5, 0.6) is 0 Å². The van der Waals surface area contributed by atoms with Crippen molar-refractivity contribution >= 4 is 0 Å². The topological polar surface area (TPSA) is 3.24 Å². The van der Waals surface area contributed by atoms with Crippen molar-refractivity contribution < 1.29 is 17.6 Å². The molecule has 0 aliphatic carbocycles. The molecular formula is C18H27F4N. The van der Waals surface area contributed by atoms with Gasteiger partial charge in [-0.2, -0.15) is 13.2 Å². The molecular weight excluding hydrogens is 306 g/mol. The predicted octanol–water partition coefficient (Wildman–Crippen LogP) is 5.01. The quantitative estimate of drug-likeness (QED) is 0.326. The van der Waals surface area contributed by atoms with Gasteiger partial charge in [0.15, 0.2) is 0 Å². The fourth-order valence-electron chi connectivity index (χ4n) is 1.93. The number of likely N-dealkylation sites (N-methyl/N-ethyl adjacent to an activating group) is 1. The van der Waals surface area contributed by atoms with E-state index in [-0.39, 0.29) is 12.3 Å². The number of alkyl halides is 4. The van der Waals surface area contributed by atoms with Crippen molar-refractivity contribution in [1.29, 1.82) is 0 Å². The van der Waals surface area contributed by atoms with E-state index in [0.717, 1.165) is 19.5 Å². The Morgan fingerprint density at radius 1 is 1.17 bits per heavy atom. The summed E-state index contributed by atoms with van der Waals surface area (Å²) >= 11 is 0. The van der Waals surface area contributed by atoms with Gasteiger partial charge in [-0.05, 0) is 19.4 Å². The van der Waals surface area contributed by atoms with Gasteiger partial charge in [-0.3, -0.25) is 0 Å². The van der Waals surface area contributed by atoms with Gasteiger partial charge in [0.05, 0.1) is 5.92 Å². The van der Waals surface area contributed by atoms with Crippen LogP contribution in [0.4, 0.5) is 17.6 Å². The lowest BCUT2D eigenvalue weighted by atomic mass is 10.1. The van der Waals surface area contributed by atoms with Crippen molar-refractivity contribution in [3.05, 3.63) is 24.3 Å². The monoisotopic (exact) mass is 333 g/mol. The predicted molar refractivity (Wildman–Crippen MR) is 87.8 cm³/mol. The molecule has 0 aliphatic heterocycles. The molecule has 0 saturated heterocycles. The molecule has 0 radical (unpaired) electrons. The fraction of sp³-hybridized carbons (Fsp3) is 0.667. The first-order valence-electron chi connectivity index (χ1n) is 7.91. The van der Waals surface area contributed by atoms with Gasteiger partial charge in [0.1, 0.15) is 6.67 Å². The first-order valence-corrected chi connectivity index (χ1v) is 7.91. The average Bonchev–Trinajstić information content (AvgIpc) is 2.47. The number of nitrogens with zero attached hydrogens (tertiary/aromatic N) is 1. The molecule has 132 valence electrons. The molecule has 5 heteroatoms. The molecule has 0 spiro atoms. The van der Waals surface area contributed by atoms with Crippen molar-refractivity contribution in [2.75, 3.05) is 26.8 Å². The first kappa shape index (κ1) is 21.7. The maximum absolute atomic E-state index is 12.2. The highest BCUT2D eigenvalue weighted by molar-refractivity contribution is 5.18. The standard InChI is InChI=1S/C18H27F4N/c1-4-16(2)15-23(3)14-8-11-17(10-7-13-19)9-5-6-12-18(20,21)22/h5,8-9,11,16-17H,4,6,12-15H2,1-3H3/b9-5-,11-8+. The van der Waals surface area contributed by atoms with Gasteiger partial charge in [-0.15, -0.1) is 0 Å². The lowest BCUT2D eigenvalue weighted by Crippen LogP contribution is -2.24. The van der Waals surface area contributed by atoms with Crippen LogP contribution in [-0.4, -0.2) is 37.9 Å². The highest BCUT2D eigenvalue weighted by atomic mass is 19.4. The molecule has 0 N–H and O–H groups in total. The first-order chi connectivity index (χ1) is 10.8. The molecule has 0 amide bonds. The highest BCUT2D eigenvalue weighted by Gasteiger charge is 2.25. The lowest BCUT2D eigenvalue weighted by Gasteiger charge is -2.18. The van der Waals surface area contributed by atoms with Gasteiger partial charge in [0.2, 0.25) is 0 Å². The number of rotatable bonds is 9. The van der Waals surface area contributed by atoms with Gasteiger partial charge in [-0.25, -0.2) is 4.39 Å². The van der Waals surface area contributed by atoms with Crippen LogP contribution < -0.4 is 0 Å². The van der Waals surface area contributed by atoms with Crippen molar-refractivity contribution in [1.82, 2.24) is 4.90 Å². The zero-order valence-corrected chi connectivity index (χ0v) is 14.2. The Balaban J connectivity index is 4.44. The van der Waals surface area contributed by atoms with Gasteiger partial charge in [-0.1, -0.05) is 56.4 Å². The summed E-state index contributed by atoms with van der Waals surface area (Å²) in [5.41, 5.74) is 0. The van der Waals surface area contributed by atoms with Crippen molar-refractivity contribution in [2.24, 2.45) is 11.8 Å². The van der Waals surface area contributed by atoms with Gasteiger partial charge in [0, 0.05) is 19.5 Å². The van der Waals surface area contributed by atoms with E-state index in [9.17, 15) is 17.6 Å². The molecule has 0 aromatic heterocycles. The van der Waals surface area contributed by atoms with E-state index in [1.807, 2.05) is 13.1 Å². The van der Waals surface area contributed by atoms with E-state index in [1.54, 1.807) is 12.2 Å². The molecule has 0 aliphatic rings. The summed E-state index contributed by atoms with van der Waals surface area (Å²) in [7, 11) is 2.01. The summed E-state index contributed by atoms with van der Waals surface area (Å²) in [5, 5.41) is 0. The summed E-state index contributed by atoms with van der Waals surface area (Å²) in [6.45, 7) is 5.27. The van der Waals surface area contributed by atoms with Gasteiger partial charge >= 0.3 is 6.18 Å². The molecule has 23 heavy (non-hydrogen) atoms. The Bertz CT molecular complexity index is 415. The van der Waals surface area contributed by atoms with Gasteiger partial charge in [0.25, 0.3) is 0 Å². The van der Waals surface area contributed by atoms with E-state index in [4.69, 9.17) is 0 Å². The molecule has 0 saturated carbocycles. The smallest absolute Gasteiger partial charge is 0.302 e. The summed E-state index contributed by atoms with van der Waals surface area (Å²) in [5.74, 6) is 5.28. The summed E-state index contributed by atoms with van der Waals surface area (Å²) < 4.78 is 48.4. The maximum Gasteiger partial charge on any atom is 0.389 e. The Labute approximate surface area is 137 Å². The summed E-state index contributed by atoms with van der Waals surface area (Å²) in [6.07, 6.45) is 2.80. The average molecular weight is 333 g/mol. The Morgan fingerprint density at radius 2 is 1.83 bits per heavy atom. The number of halogens is 4. The molecule has 0 aromatic rings. The maximum atomic E-state index is 12.2. The van der Waals surface area contributed by atoms with Crippen molar-refractivity contribution in [2.45, 2.75) is 39.3 Å². The van der Waals surface area contributed by atoms with Crippen LogP contribution in [0.15, 0.2) is 24.3 Å². The molecule has 0 heterocycles. The molecule has 1 nitrogen and oxygen atoms in total. The third-order valence-corrected chi connectivity index (χ3v) is 3.35. The van der Waals surface area contributed by atoms with Crippen LogP contribution in [0.1, 0.15) is 33.1 Å². The van der Waals surface area contributed by atoms with Crippen molar-refractivity contribution in [3.63, 3.8) is 0 Å². The van der Waals surface area contributed by atoms with Crippen molar-refractivity contribution in [3.8, 4) is 11.8 Å². The molecule has 2 unspecified atom stereocenters. The second-order valence-electron chi connectivity index (χ2n) is 5.73. The molecule has 0 rings (SSSR count). The fourth-order valence-corrected chi connectivity index (χ4v) is 1.93. The molecule has 0 fully saturated rings. The third kappa shape index (κ3) is 14.1. The second kappa shape index (κ2) is 12.2. The van der Waals surface area contributed by atoms with Crippen LogP contribution in [-0.2, 0) is 0 Å². The van der Waals surface area contributed by atoms with E-state index < -0.39 is 19.3 Å². The van der Waals surface area contributed by atoms with Crippen LogP contribution in [0.3, 0.4) is 0 Å². The Hall–Kier alpha value is -1.28. The molecule has 0 bridgehead atoms. The largest absolute Gasteiger partial charge is 0.389 e. The van der Waals surface area contributed by atoms with E-state index >= 15 is 0 Å².